The summed E-state index contributed by atoms with van der Waals surface area (Å²) in [6.07, 6.45) is 0.692. The summed E-state index contributed by atoms with van der Waals surface area (Å²) in [6, 6.07) is 11.6. The smallest absolute Gasteiger partial charge is 0.243 e. The van der Waals surface area contributed by atoms with Gasteiger partial charge in [-0.25, -0.2) is 8.42 Å². The first-order valence-corrected chi connectivity index (χ1v) is 10.1. The molecule has 1 aromatic heterocycles. The highest BCUT2D eigenvalue weighted by Gasteiger charge is 2.31. The molecule has 0 atom stereocenters. The third-order valence-electron chi connectivity index (χ3n) is 5.16. The van der Waals surface area contributed by atoms with E-state index in [9.17, 15) is 8.42 Å². The Bertz CT molecular complexity index is 1100. The standard InChI is InChI=1S/C20H22N2O3S/c1-13-11-20(14(2)10-19(13)25-3)26(23,24)22-9-8-18-16(12-22)15-6-4-5-7-17(15)21-18/h4-7,10-11,21H,8-9,12H2,1-3H3. The number of rotatable bonds is 3. The third kappa shape index (κ3) is 2.61. The van der Waals surface area contributed by atoms with Crippen LogP contribution in [0.5, 0.6) is 5.75 Å². The summed E-state index contributed by atoms with van der Waals surface area (Å²) in [4.78, 5) is 3.79. The van der Waals surface area contributed by atoms with E-state index in [4.69, 9.17) is 4.74 Å². The summed E-state index contributed by atoms with van der Waals surface area (Å²) >= 11 is 0. The van der Waals surface area contributed by atoms with Crippen LogP contribution in [0.4, 0.5) is 0 Å². The molecule has 2 heterocycles. The Kier molecular flexibility index (Phi) is 4.04. The molecule has 1 aliphatic rings. The predicted molar refractivity (Wildman–Crippen MR) is 102 cm³/mol. The molecule has 5 nitrogen and oxygen atoms in total. The van der Waals surface area contributed by atoms with Crippen molar-refractivity contribution >= 4 is 20.9 Å². The summed E-state index contributed by atoms with van der Waals surface area (Å²) in [5.74, 6) is 0.707. The van der Waals surface area contributed by atoms with Gasteiger partial charge in [0.15, 0.2) is 0 Å². The monoisotopic (exact) mass is 370 g/mol. The van der Waals surface area contributed by atoms with E-state index in [0.717, 1.165) is 27.7 Å². The second kappa shape index (κ2) is 6.14. The molecule has 1 aliphatic heterocycles. The number of nitrogens with zero attached hydrogens (tertiary/aromatic N) is 1. The zero-order valence-electron chi connectivity index (χ0n) is 15.2. The highest BCUT2D eigenvalue weighted by Crippen LogP contribution is 2.33. The van der Waals surface area contributed by atoms with Gasteiger partial charge in [-0.05, 0) is 48.7 Å². The number of aromatic amines is 1. The number of nitrogens with one attached hydrogen (secondary N) is 1. The van der Waals surface area contributed by atoms with Gasteiger partial charge in [-0.2, -0.15) is 4.31 Å². The minimum absolute atomic E-state index is 0.360. The van der Waals surface area contributed by atoms with Crippen LogP contribution in [0.15, 0.2) is 41.3 Å². The number of para-hydroxylation sites is 1. The van der Waals surface area contributed by atoms with Crippen molar-refractivity contribution in [2.45, 2.75) is 31.7 Å². The molecular formula is C20H22N2O3S. The van der Waals surface area contributed by atoms with E-state index >= 15 is 0 Å². The van der Waals surface area contributed by atoms with Crippen LogP contribution in [0.1, 0.15) is 22.4 Å². The average molecular weight is 370 g/mol. The first-order valence-electron chi connectivity index (χ1n) is 8.65. The van der Waals surface area contributed by atoms with Gasteiger partial charge in [0.2, 0.25) is 10.0 Å². The molecule has 0 spiro atoms. The number of fused-ring (bicyclic) bond motifs is 3. The molecule has 0 saturated heterocycles. The quantitative estimate of drug-likeness (QED) is 0.767. The third-order valence-corrected chi connectivity index (χ3v) is 7.15. The van der Waals surface area contributed by atoms with Gasteiger partial charge in [0.1, 0.15) is 5.75 Å². The summed E-state index contributed by atoms with van der Waals surface area (Å²) in [7, 11) is -1.97. The Morgan fingerprint density at radius 2 is 1.88 bits per heavy atom. The fraction of sp³-hybridized carbons (Fsp3) is 0.300. The number of H-pyrrole nitrogens is 1. The van der Waals surface area contributed by atoms with Crippen LogP contribution in [0.3, 0.4) is 0 Å². The van der Waals surface area contributed by atoms with E-state index < -0.39 is 10.0 Å². The van der Waals surface area contributed by atoms with Crippen molar-refractivity contribution in [3.63, 3.8) is 0 Å². The van der Waals surface area contributed by atoms with Crippen LogP contribution in [-0.4, -0.2) is 31.4 Å². The zero-order valence-corrected chi connectivity index (χ0v) is 16.0. The summed E-state index contributed by atoms with van der Waals surface area (Å²) in [6.45, 7) is 4.56. The van der Waals surface area contributed by atoms with Gasteiger partial charge in [-0.3, -0.25) is 0 Å². The summed E-state index contributed by atoms with van der Waals surface area (Å²) < 4.78 is 33.5. The molecule has 0 saturated carbocycles. The largest absolute Gasteiger partial charge is 0.496 e. The predicted octanol–water partition coefficient (Wildman–Crippen LogP) is 3.54. The summed E-state index contributed by atoms with van der Waals surface area (Å²) in [5.41, 5.74) is 4.81. The van der Waals surface area contributed by atoms with Gasteiger partial charge >= 0.3 is 0 Å². The highest BCUT2D eigenvalue weighted by atomic mass is 32.2. The maximum absolute atomic E-state index is 13.3. The molecule has 0 radical (unpaired) electrons. The van der Waals surface area contributed by atoms with Gasteiger partial charge in [-0.1, -0.05) is 18.2 Å². The second-order valence-electron chi connectivity index (χ2n) is 6.80. The van der Waals surface area contributed by atoms with Gasteiger partial charge in [0, 0.05) is 36.1 Å². The fourth-order valence-corrected chi connectivity index (χ4v) is 5.45. The molecule has 6 heteroatoms. The number of benzene rings is 2. The number of aryl methyl sites for hydroxylation is 2. The minimum atomic E-state index is -3.57. The van der Waals surface area contributed by atoms with Gasteiger partial charge in [0.05, 0.1) is 12.0 Å². The summed E-state index contributed by atoms with van der Waals surface area (Å²) in [5, 5.41) is 1.10. The van der Waals surface area contributed by atoms with Crippen molar-refractivity contribution in [2.75, 3.05) is 13.7 Å². The van der Waals surface area contributed by atoms with Crippen molar-refractivity contribution < 1.29 is 13.2 Å². The van der Waals surface area contributed by atoms with E-state index in [2.05, 4.69) is 4.98 Å². The molecule has 3 aromatic rings. The fourth-order valence-electron chi connectivity index (χ4n) is 3.75. The molecular weight excluding hydrogens is 348 g/mol. The Hall–Kier alpha value is -2.31. The molecule has 0 fully saturated rings. The van der Waals surface area contributed by atoms with Crippen molar-refractivity contribution in [3.8, 4) is 5.75 Å². The lowest BCUT2D eigenvalue weighted by molar-refractivity contribution is 0.390. The van der Waals surface area contributed by atoms with Crippen molar-refractivity contribution in [1.29, 1.82) is 0 Å². The van der Waals surface area contributed by atoms with E-state index in [1.165, 1.54) is 0 Å². The van der Waals surface area contributed by atoms with Crippen LogP contribution in [0.25, 0.3) is 10.9 Å². The van der Waals surface area contributed by atoms with E-state index in [1.54, 1.807) is 23.5 Å². The Morgan fingerprint density at radius 1 is 1.12 bits per heavy atom. The van der Waals surface area contributed by atoms with E-state index in [1.807, 2.05) is 38.1 Å². The van der Waals surface area contributed by atoms with Crippen molar-refractivity contribution in [1.82, 2.24) is 9.29 Å². The molecule has 136 valence electrons. The lowest BCUT2D eigenvalue weighted by atomic mass is 10.1. The number of hydrogen-bond acceptors (Lipinski definition) is 3. The molecule has 26 heavy (non-hydrogen) atoms. The number of sulfonamides is 1. The molecule has 0 bridgehead atoms. The van der Waals surface area contributed by atoms with Crippen molar-refractivity contribution in [3.05, 3.63) is 58.8 Å². The van der Waals surface area contributed by atoms with Crippen LogP contribution < -0.4 is 4.74 Å². The van der Waals surface area contributed by atoms with E-state index in [-0.39, 0.29) is 0 Å². The molecule has 2 aromatic carbocycles. The second-order valence-corrected chi connectivity index (χ2v) is 8.71. The van der Waals surface area contributed by atoms with Crippen LogP contribution in [0.2, 0.25) is 0 Å². The van der Waals surface area contributed by atoms with Gasteiger partial charge < -0.3 is 9.72 Å². The average Bonchev–Trinajstić information content (AvgIpc) is 3.01. The zero-order chi connectivity index (χ0) is 18.5. The topological polar surface area (TPSA) is 62.4 Å². The SMILES string of the molecule is COc1cc(C)c(S(=O)(=O)N2CCc3[nH]c4ccccc4c3C2)cc1C. The molecule has 0 amide bonds. The Labute approximate surface area is 153 Å². The maximum Gasteiger partial charge on any atom is 0.243 e. The lowest BCUT2D eigenvalue weighted by Crippen LogP contribution is -2.36. The molecule has 1 N–H and O–H groups in total. The molecule has 4 rings (SSSR count). The Morgan fingerprint density at radius 3 is 2.65 bits per heavy atom. The molecule has 0 aliphatic carbocycles. The minimum Gasteiger partial charge on any atom is -0.496 e. The first kappa shape index (κ1) is 17.1. The van der Waals surface area contributed by atoms with Gasteiger partial charge in [0.25, 0.3) is 0 Å². The highest BCUT2D eigenvalue weighted by molar-refractivity contribution is 7.89. The van der Waals surface area contributed by atoms with Crippen molar-refractivity contribution in [2.24, 2.45) is 0 Å². The van der Waals surface area contributed by atoms with Crippen LogP contribution >= 0.6 is 0 Å². The number of ether oxygens (including phenoxy) is 1. The van der Waals surface area contributed by atoms with Crippen LogP contribution in [-0.2, 0) is 23.0 Å². The first-order chi connectivity index (χ1) is 12.4. The normalized spacial score (nSPS) is 15.2. The van der Waals surface area contributed by atoms with Gasteiger partial charge in [-0.15, -0.1) is 0 Å². The number of methoxy groups -OCH3 is 1. The maximum atomic E-state index is 13.3. The number of aromatic nitrogens is 1. The molecule has 0 unspecified atom stereocenters. The van der Waals surface area contributed by atoms with E-state index in [0.29, 0.717) is 35.7 Å². The Balaban J connectivity index is 1.75. The van der Waals surface area contributed by atoms with Crippen LogP contribution in [0, 0.1) is 13.8 Å². The lowest BCUT2D eigenvalue weighted by Gasteiger charge is -2.27. The number of hydrogen-bond donors (Lipinski definition) is 1.